The van der Waals surface area contributed by atoms with Crippen LogP contribution in [0.5, 0.6) is 0 Å². The molecule has 0 amide bonds. The van der Waals surface area contributed by atoms with Crippen molar-refractivity contribution in [2.75, 3.05) is 19.4 Å². The lowest BCUT2D eigenvalue weighted by atomic mass is 10.1. The van der Waals surface area contributed by atoms with Gasteiger partial charge in [-0.25, -0.2) is 5.43 Å². The van der Waals surface area contributed by atoms with Crippen LogP contribution >= 0.6 is 12.2 Å². The summed E-state index contributed by atoms with van der Waals surface area (Å²) in [5, 5.41) is 5.36. The highest BCUT2D eigenvalue weighted by Gasteiger charge is 2.07. The number of rotatable bonds is 4. The standard InChI is InChI=1S/C12H17N3OS.C2H6/c1-9(16)8-10-6-4-5-7-11(10)14-12(17)15(3)13-2;1-2/h4-7,13H,8H2,1-3H3,(H,14,17);1-2H3. The highest BCUT2D eigenvalue weighted by molar-refractivity contribution is 7.80. The van der Waals surface area contributed by atoms with Crippen LogP contribution in [0.25, 0.3) is 0 Å². The topological polar surface area (TPSA) is 44.4 Å². The number of nitrogens with zero attached hydrogens (tertiary/aromatic N) is 1. The zero-order valence-corrected chi connectivity index (χ0v) is 13.1. The van der Waals surface area contributed by atoms with Gasteiger partial charge in [-0.05, 0) is 30.8 Å². The van der Waals surface area contributed by atoms with E-state index < -0.39 is 0 Å². The van der Waals surface area contributed by atoms with Crippen molar-refractivity contribution in [1.29, 1.82) is 0 Å². The van der Waals surface area contributed by atoms with Crippen molar-refractivity contribution >= 4 is 28.8 Å². The molecule has 0 radical (unpaired) electrons. The molecule has 0 bridgehead atoms. The van der Waals surface area contributed by atoms with Gasteiger partial charge < -0.3 is 5.32 Å². The summed E-state index contributed by atoms with van der Waals surface area (Å²) < 4.78 is 0. The average molecular weight is 281 g/mol. The van der Waals surface area contributed by atoms with E-state index in [1.54, 1.807) is 19.0 Å². The second-order valence-corrected chi connectivity index (χ2v) is 4.14. The Labute approximate surface area is 121 Å². The molecule has 1 aromatic rings. The van der Waals surface area contributed by atoms with Crippen LogP contribution in [0.4, 0.5) is 5.69 Å². The smallest absolute Gasteiger partial charge is 0.187 e. The molecular formula is C14H23N3OS. The summed E-state index contributed by atoms with van der Waals surface area (Å²) in [5.74, 6) is 0.132. The molecule has 1 rings (SSSR count). The van der Waals surface area contributed by atoms with E-state index in [0.717, 1.165) is 11.3 Å². The van der Waals surface area contributed by atoms with Gasteiger partial charge in [0.05, 0.1) is 0 Å². The molecule has 0 aromatic heterocycles. The normalized spacial score (nSPS) is 9.11. The van der Waals surface area contributed by atoms with Crippen molar-refractivity contribution in [3.8, 4) is 0 Å². The first-order valence-electron chi connectivity index (χ1n) is 6.34. The van der Waals surface area contributed by atoms with Crippen molar-refractivity contribution in [3.63, 3.8) is 0 Å². The van der Waals surface area contributed by atoms with Crippen molar-refractivity contribution in [1.82, 2.24) is 10.4 Å². The lowest BCUT2D eigenvalue weighted by Gasteiger charge is -2.20. The molecule has 0 saturated heterocycles. The molecule has 0 heterocycles. The quantitative estimate of drug-likeness (QED) is 0.656. The summed E-state index contributed by atoms with van der Waals surface area (Å²) in [6.45, 7) is 5.58. The maximum Gasteiger partial charge on any atom is 0.187 e. The third kappa shape index (κ3) is 6.31. The minimum absolute atomic E-state index is 0.132. The number of nitrogens with one attached hydrogen (secondary N) is 2. The van der Waals surface area contributed by atoms with E-state index in [4.69, 9.17) is 12.2 Å². The van der Waals surface area contributed by atoms with Crippen LogP contribution in [-0.4, -0.2) is 30.0 Å². The molecule has 0 saturated carbocycles. The Morgan fingerprint density at radius 3 is 2.42 bits per heavy atom. The Kier molecular flexibility index (Phi) is 8.74. The molecule has 0 fully saturated rings. The number of carbonyl (C=O) groups excluding carboxylic acids is 1. The van der Waals surface area contributed by atoms with Gasteiger partial charge in [-0.3, -0.25) is 9.80 Å². The minimum atomic E-state index is 0.132. The number of hydrazine groups is 1. The number of para-hydroxylation sites is 1. The maximum absolute atomic E-state index is 11.2. The number of carbonyl (C=O) groups is 1. The summed E-state index contributed by atoms with van der Waals surface area (Å²) in [7, 11) is 3.61. The second-order valence-electron chi connectivity index (χ2n) is 3.75. The number of benzene rings is 1. The van der Waals surface area contributed by atoms with Gasteiger partial charge in [-0.2, -0.15) is 0 Å². The lowest BCUT2D eigenvalue weighted by Crippen LogP contribution is -2.39. The average Bonchev–Trinajstić information content (AvgIpc) is 2.41. The van der Waals surface area contributed by atoms with Gasteiger partial charge in [0, 0.05) is 26.2 Å². The van der Waals surface area contributed by atoms with E-state index in [1.165, 1.54) is 0 Å². The molecule has 4 nitrogen and oxygen atoms in total. The molecular weight excluding hydrogens is 258 g/mol. The fraction of sp³-hybridized carbons (Fsp3) is 0.429. The summed E-state index contributed by atoms with van der Waals surface area (Å²) in [6, 6.07) is 7.65. The van der Waals surface area contributed by atoms with Gasteiger partial charge in [-0.15, -0.1) is 0 Å². The highest BCUT2D eigenvalue weighted by atomic mass is 32.1. The van der Waals surface area contributed by atoms with Gasteiger partial charge >= 0.3 is 0 Å². The number of Topliss-reactive ketones (excluding diaryl/α,β-unsaturated/α-hetero) is 1. The Morgan fingerprint density at radius 1 is 1.32 bits per heavy atom. The van der Waals surface area contributed by atoms with E-state index in [2.05, 4.69) is 10.7 Å². The monoisotopic (exact) mass is 281 g/mol. The zero-order valence-electron chi connectivity index (χ0n) is 12.3. The minimum Gasteiger partial charge on any atom is -0.331 e. The van der Waals surface area contributed by atoms with Gasteiger partial charge in [0.2, 0.25) is 0 Å². The fourth-order valence-electron chi connectivity index (χ4n) is 1.37. The summed E-state index contributed by atoms with van der Waals surface area (Å²) >= 11 is 5.20. The molecule has 0 unspecified atom stereocenters. The molecule has 1 aromatic carbocycles. The molecule has 0 aliphatic heterocycles. The predicted molar refractivity (Wildman–Crippen MR) is 85.2 cm³/mol. The van der Waals surface area contributed by atoms with E-state index in [9.17, 15) is 4.79 Å². The third-order valence-corrected chi connectivity index (χ3v) is 2.71. The molecule has 0 spiro atoms. The molecule has 5 heteroatoms. The van der Waals surface area contributed by atoms with Gasteiger partial charge in [-0.1, -0.05) is 32.0 Å². The van der Waals surface area contributed by atoms with E-state index >= 15 is 0 Å². The van der Waals surface area contributed by atoms with Crippen molar-refractivity contribution in [2.24, 2.45) is 0 Å². The number of ketones is 1. The molecule has 0 atom stereocenters. The number of hydrogen-bond acceptors (Lipinski definition) is 3. The summed E-state index contributed by atoms with van der Waals surface area (Å²) in [5.41, 5.74) is 4.73. The van der Waals surface area contributed by atoms with Crippen molar-refractivity contribution < 1.29 is 4.79 Å². The van der Waals surface area contributed by atoms with Crippen molar-refractivity contribution in [3.05, 3.63) is 29.8 Å². The lowest BCUT2D eigenvalue weighted by molar-refractivity contribution is -0.116. The Bertz CT molecular complexity index is 421. The Balaban J connectivity index is 0.00000154. The maximum atomic E-state index is 11.2. The van der Waals surface area contributed by atoms with E-state index in [-0.39, 0.29) is 5.78 Å². The van der Waals surface area contributed by atoms with Crippen molar-refractivity contribution in [2.45, 2.75) is 27.2 Å². The second kappa shape index (κ2) is 9.47. The first-order chi connectivity index (χ1) is 9.04. The van der Waals surface area contributed by atoms with Crippen LogP contribution in [0.1, 0.15) is 26.3 Å². The first kappa shape index (κ1) is 17.5. The van der Waals surface area contributed by atoms with Crippen LogP contribution in [0, 0.1) is 0 Å². The zero-order chi connectivity index (χ0) is 14.8. The SMILES string of the molecule is CC.CNN(C)C(=S)Nc1ccccc1CC(C)=O. The number of hydrogen-bond donors (Lipinski definition) is 2. The van der Waals surface area contributed by atoms with Crippen LogP contribution < -0.4 is 10.7 Å². The van der Waals surface area contributed by atoms with Gasteiger partial charge in [0.15, 0.2) is 5.11 Å². The number of anilines is 1. The molecule has 19 heavy (non-hydrogen) atoms. The predicted octanol–water partition coefficient (Wildman–Crippen LogP) is 2.61. The molecule has 0 aliphatic rings. The van der Waals surface area contributed by atoms with Crippen LogP contribution in [-0.2, 0) is 11.2 Å². The largest absolute Gasteiger partial charge is 0.331 e. The van der Waals surface area contributed by atoms with Gasteiger partial charge in [0.1, 0.15) is 5.78 Å². The Morgan fingerprint density at radius 2 is 1.89 bits per heavy atom. The summed E-state index contributed by atoms with van der Waals surface area (Å²) in [4.78, 5) is 11.2. The van der Waals surface area contributed by atoms with Crippen LogP contribution in [0.2, 0.25) is 0 Å². The molecule has 0 aliphatic carbocycles. The molecule has 106 valence electrons. The molecule has 2 N–H and O–H groups in total. The van der Waals surface area contributed by atoms with Crippen LogP contribution in [0.3, 0.4) is 0 Å². The van der Waals surface area contributed by atoms with E-state index in [1.807, 2.05) is 45.2 Å². The fourth-order valence-corrected chi connectivity index (χ4v) is 1.57. The highest BCUT2D eigenvalue weighted by Crippen LogP contribution is 2.16. The van der Waals surface area contributed by atoms with E-state index in [0.29, 0.717) is 11.5 Å². The third-order valence-electron chi connectivity index (χ3n) is 2.34. The first-order valence-corrected chi connectivity index (χ1v) is 6.75. The van der Waals surface area contributed by atoms with Crippen LogP contribution in [0.15, 0.2) is 24.3 Å². The van der Waals surface area contributed by atoms with Gasteiger partial charge in [0.25, 0.3) is 0 Å². The Hall–Kier alpha value is -1.46. The summed E-state index contributed by atoms with van der Waals surface area (Å²) in [6.07, 6.45) is 0.412. The number of thiocarbonyl (C=S) groups is 1.